The smallest absolute Gasteiger partial charge is 0.135 e. The predicted octanol–water partition coefficient (Wildman–Crippen LogP) is 5.56. The van der Waals surface area contributed by atoms with Crippen LogP contribution in [0, 0.1) is 12.3 Å². The number of ether oxygens (including phenoxy) is 1. The summed E-state index contributed by atoms with van der Waals surface area (Å²) < 4.78 is 5.83. The van der Waals surface area contributed by atoms with E-state index in [0.29, 0.717) is 6.04 Å². The second-order valence-electron chi connectivity index (χ2n) is 8.47. The number of nitrogens with zero attached hydrogens (tertiary/aromatic N) is 1. The van der Waals surface area contributed by atoms with E-state index in [1.165, 1.54) is 21.6 Å². The van der Waals surface area contributed by atoms with Crippen LogP contribution in [-0.2, 0) is 6.42 Å². The second-order valence-corrected chi connectivity index (χ2v) is 9.50. The summed E-state index contributed by atoms with van der Waals surface area (Å²) >= 11 is 1.71. The lowest BCUT2D eigenvalue weighted by Crippen LogP contribution is -2.21. The fraction of sp³-hybridized carbons (Fsp3) is 0.370. The molecule has 1 unspecified atom stereocenters. The third-order valence-corrected chi connectivity index (χ3v) is 6.89. The van der Waals surface area contributed by atoms with Crippen molar-refractivity contribution in [2.45, 2.75) is 51.7 Å². The fourth-order valence-corrected chi connectivity index (χ4v) is 5.27. The highest BCUT2D eigenvalue weighted by Crippen LogP contribution is 2.41. The van der Waals surface area contributed by atoms with E-state index in [-0.39, 0.29) is 6.10 Å². The summed E-state index contributed by atoms with van der Waals surface area (Å²) in [7, 11) is 0. The van der Waals surface area contributed by atoms with E-state index in [0.717, 1.165) is 60.7 Å². The molecular formula is C27H31N3OS. The first-order valence-electron chi connectivity index (χ1n) is 11.4. The van der Waals surface area contributed by atoms with Gasteiger partial charge in [-0.05, 0) is 87.5 Å². The van der Waals surface area contributed by atoms with E-state index < -0.39 is 0 Å². The summed E-state index contributed by atoms with van der Waals surface area (Å²) in [5.74, 6) is 3.50. The van der Waals surface area contributed by atoms with Crippen molar-refractivity contribution in [1.82, 2.24) is 10.3 Å². The Balaban J connectivity index is 1.56. The standard InChI is InChI=1S/C27H31N3OS/c1-4-19-16-20(10-13-25(19)31-18(2)3)27-30-17-26(32-27)23-9-7-8-22-21(23)11-12-24(22)29-15-6-5-14-28/h1,7-10,13,16-18,24,29H,5-6,11-12,14-15,28H2,2-3H3. The molecule has 2 aromatic carbocycles. The van der Waals surface area contributed by atoms with Crippen molar-refractivity contribution >= 4 is 11.3 Å². The highest BCUT2D eigenvalue weighted by molar-refractivity contribution is 7.18. The van der Waals surface area contributed by atoms with Gasteiger partial charge in [0.15, 0.2) is 0 Å². The SMILES string of the molecule is C#Cc1cc(-c2ncc(-c3cccc4c3CCC4NCCCCN)s2)ccc1OC(C)C. The van der Waals surface area contributed by atoms with E-state index >= 15 is 0 Å². The van der Waals surface area contributed by atoms with Crippen molar-refractivity contribution in [2.75, 3.05) is 13.1 Å². The first-order chi connectivity index (χ1) is 15.6. The molecular weight excluding hydrogens is 414 g/mol. The number of nitrogens with two attached hydrogens (primary N) is 1. The van der Waals surface area contributed by atoms with Crippen LogP contribution in [0.1, 0.15) is 55.8 Å². The molecule has 5 heteroatoms. The fourth-order valence-electron chi connectivity index (χ4n) is 4.31. The molecule has 0 saturated heterocycles. The van der Waals surface area contributed by atoms with Crippen LogP contribution < -0.4 is 15.8 Å². The van der Waals surface area contributed by atoms with Gasteiger partial charge in [0.2, 0.25) is 0 Å². The zero-order valence-electron chi connectivity index (χ0n) is 18.9. The number of fused-ring (bicyclic) bond motifs is 1. The molecule has 0 amide bonds. The third-order valence-electron chi connectivity index (χ3n) is 5.81. The zero-order valence-corrected chi connectivity index (χ0v) is 19.7. The summed E-state index contributed by atoms with van der Waals surface area (Å²) in [6.07, 6.45) is 12.2. The highest BCUT2D eigenvalue weighted by atomic mass is 32.1. The number of rotatable bonds is 9. The Labute approximate surface area is 195 Å². The average molecular weight is 446 g/mol. The lowest BCUT2D eigenvalue weighted by Gasteiger charge is -2.14. The van der Waals surface area contributed by atoms with Gasteiger partial charge < -0.3 is 15.8 Å². The molecule has 1 aliphatic rings. The maximum atomic E-state index is 5.83. The summed E-state index contributed by atoms with van der Waals surface area (Å²) in [6.45, 7) is 5.78. The van der Waals surface area contributed by atoms with Crippen LogP contribution in [0.3, 0.4) is 0 Å². The van der Waals surface area contributed by atoms with E-state index in [4.69, 9.17) is 21.9 Å². The third kappa shape index (κ3) is 4.88. The molecule has 0 aliphatic heterocycles. The minimum atomic E-state index is 0.0820. The largest absolute Gasteiger partial charge is 0.490 e. The van der Waals surface area contributed by atoms with Crippen molar-refractivity contribution in [3.63, 3.8) is 0 Å². The molecule has 0 bridgehead atoms. The number of terminal acetylenes is 1. The second kappa shape index (κ2) is 10.3. The first kappa shape index (κ1) is 22.5. The van der Waals surface area contributed by atoms with Crippen molar-refractivity contribution in [3.05, 3.63) is 59.3 Å². The maximum absolute atomic E-state index is 5.83. The monoisotopic (exact) mass is 445 g/mol. The summed E-state index contributed by atoms with van der Waals surface area (Å²) in [5.41, 5.74) is 11.6. The van der Waals surface area contributed by atoms with Crippen LogP contribution in [0.25, 0.3) is 21.0 Å². The van der Waals surface area contributed by atoms with Gasteiger partial charge in [-0.1, -0.05) is 24.1 Å². The Kier molecular flexibility index (Phi) is 7.26. The predicted molar refractivity (Wildman–Crippen MR) is 134 cm³/mol. The normalized spacial score (nSPS) is 15.0. The van der Waals surface area contributed by atoms with Gasteiger partial charge in [0.1, 0.15) is 10.8 Å². The van der Waals surface area contributed by atoms with E-state index in [1.807, 2.05) is 38.2 Å². The van der Waals surface area contributed by atoms with Crippen LogP contribution in [0.4, 0.5) is 0 Å². The number of nitrogens with one attached hydrogen (secondary N) is 1. The van der Waals surface area contributed by atoms with E-state index in [9.17, 15) is 0 Å². The van der Waals surface area contributed by atoms with Crippen molar-refractivity contribution in [1.29, 1.82) is 0 Å². The van der Waals surface area contributed by atoms with Crippen molar-refractivity contribution < 1.29 is 4.74 Å². The Morgan fingerprint density at radius 2 is 2.16 bits per heavy atom. The van der Waals surface area contributed by atoms with E-state index in [2.05, 4.69) is 29.4 Å². The number of benzene rings is 2. The van der Waals surface area contributed by atoms with Crippen LogP contribution in [0.2, 0.25) is 0 Å². The van der Waals surface area contributed by atoms with Gasteiger partial charge in [-0.15, -0.1) is 17.8 Å². The molecule has 1 aliphatic carbocycles. The van der Waals surface area contributed by atoms with Crippen LogP contribution >= 0.6 is 11.3 Å². The zero-order chi connectivity index (χ0) is 22.5. The van der Waals surface area contributed by atoms with Gasteiger partial charge in [-0.25, -0.2) is 4.98 Å². The van der Waals surface area contributed by atoms with Gasteiger partial charge in [0.05, 0.1) is 16.5 Å². The molecule has 1 heterocycles. The molecule has 1 atom stereocenters. The van der Waals surface area contributed by atoms with E-state index in [1.54, 1.807) is 11.3 Å². The van der Waals surface area contributed by atoms with Crippen molar-refractivity contribution in [3.8, 4) is 39.1 Å². The minimum absolute atomic E-state index is 0.0820. The topological polar surface area (TPSA) is 60.2 Å². The van der Waals surface area contributed by atoms with Crippen LogP contribution in [-0.4, -0.2) is 24.2 Å². The Morgan fingerprint density at radius 1 is 1.28 bits per heavy atom. The number of hydrogen-bond acceptors (Lipinski definition) is 5. The van der Waals surface area contributed by atoms with Gasteiger partial charge in [0.25, 0.3) is 0 Å². The molecule has 4 rings (SSSR count). The van der Waals surface area contributed by atoms with Crippen LogP contribution in [0.15, 0.2) is 42.6 Å². The molecule has 3 aromatic rings. The van der Waals surface area contributed by atoms with Crippen molar-refractivity contribution in [2.24, 2.45) is 5.73 Å². The van der Waals surface area contributed by atoms with Crippen LogP contribution in [0.5, 0.6) is 5.75 Å². The minimum Gasteiger partial charge on any atom is -0.490 e. The summed E-state index contributed by atoms with van der Waals surface area (Å²) in [5, 5.41) is 4.69. The number of unbranched alkanes of at least 4 members (excludes halogenated alkanes) is 1. The molecule has 166 valence electrons. The van der Waals surface area contributed by atoms with Gasteiger partial charge >= 0.3 is 0 Å². The number of thiazole rings is 1. The molecule has 0 fully saturated rings. The summed E-state index contributed by atoms with van der Waals surface area (Å²) in [4.78, 5) is 5.92. The lowest BCUT2D eigenvalue weighted by atomic mass is 10.0. The number of aromatic nitrogens is 1. The highest BCUT2D eigenvalue weighted by Gasteiger charge is 2.25. The number of hydrogen-bond donors (Lipinski definition) is 2. The molecule has 0 radical (unpaired) electrons. The van der Waals surface area contributed by atoms with Gasteiger partial charge in [0, 0.05) is 17.8 Å². The molecule has 4 nitrogen and oxygen atoms in total. The molecule has 0 spiro atoms. The Hall–Kier alpha value is -2.65. The average Bonchev–Trinajstić information content (AvgIpc) is 3.44. The Morgan fingerprint density at radius 3 is 2.94 bits per heavy atom. The quantitative estimate of drug-likeness (QED) is 0.334. The molecule has 0 saturated carbocycles. The molecule has 1 aromatic heterocycles. The molecule has 32 heavy (non-hydrogen) atoms. The summed E-state index contributed by atoms with van der Waals surface area (Å²) in [6, 6.07) is 13.1. The maximum Gasteiger partial charge on any atom is 0.135 e. The Bertz CT molecular complexity index is 1110. The van der Waals surface area contributed by atoms with Gasteiger partial charge in [-0.2, -0.15) is 0 Å². The lowest BCUT2D eigenvalue weighted by molar-refractivity contribution is 0.242. The first-order valence-corrected chi connectivity index (χ1v) is 12.2. The molecule has 3 N–H and O–H groups in total. The van der Waals surface area contributed by atoms with Gasteiger partial charge in [-0.3, -0.25) is 0 Å².